The molecule has 0 aliphatic heterocycles. The molecule has 0 aliphatic rings. The maximum Gasteiger partial charge on any atom is 0.114 e. The van der Waals surface area contributed by atoms with Gasteiger partial charge in [-0.25, -0.2) is 0 Å². The van der Waals surface area contributed by atoms with Crippen LogP contribution in [0.3, 0.4) is 0 Å². The van der Waals surface area contributed by atoms with E-state index in [1.165, 1.54) is 0 Å². The largest absolute Gasteiger partial charge is 0.353 e. The highest BCUT2D eigenvalue weighted by atomic mass is 31.2. The Morgan fingerprint density at radius 1 is 1.43 bits per heavy atom. The number of hydrogen-bond acceptors (Lipinski definition) is 2. The van der Waals surface area contributed by atoms with Gasteiger partial charge in [-0.3, -0.25) is 0 Å². The summed E-state index contributed by atoms with van der Waals surface area (Å²) >= 11 is 0. The van der Waals surface area contributed by atoms with E-state index < -0.39 is 7.34 Å². The average molecular weight is 122 g/mol. The second-order valence-electron chi connectivity index (χ2n) is 1.88. The monoisotopic (exact) mass is 122 g/mol. The van der Waals surface area contributed by atoms with Crippen LogP contribution >= 0.6 is 7.34 Å². The zero-order chi connectivity index (χ0) is 6.08. The molecule has 0 aromatic rings. The highest BCUT2D eigenvalue weighted by Gasteiger charge is 2.07. The third-order valence-electron chi connectivity index (χ3n) is 0.827. The summed E-state index contributed by atoms with van der Waals surface area (Å²) in [5, 5.41) is 0. The Bertz CT molecular complexity index is 91.9. The first-order valence-corrected chi connectivity index (χ1v) is 4.08. The molecule has 0 rings (SSSR count). The predicted molar refractivity (Wildman–Crippen MR) is 33.6 cm³/mol. The van der Waals surface area contributed by atoms with Crippen LogP contribution in [0.5, 0.6) is 0 Å². The molecule has 0 atom stereocenters. The van der Waals surface area contributed by atoms with Gasteiger partial charge < -0.3 is 9.79 Å². The van der Waals surface area contributed by atoms with Crippen LogP contribution in [0.1, 0.15) is 13.8 Å². The first-order chi connectivity index (χ1) is 2.94. The van der Waals surface area contributed by atoms with Crippen molar-refractivity contribution in [3.8, 4) is 0 Å². The zero-order valence-corrected chi connectivity index (χ0v) is 5.52. The molecule has 0 bridgehead atoms. The molecule has 0 radical (unpaired) electrons. The van der Waals surface area contributed by atoms with Crippen LogP contribution in [-0.4, -0.2) is 21.7 Å². The van der Waals surface area contributed by atoms with Gasteiger partial charge in [0.25, 0.3) is 0 Å². The lowest BCUT2D eigenvalue weighted by molar-refractivity contribution is 0.466. The summed E-state index contributed by atoms with van der Waals surface area (Å²) in [4.78, 5) is 17.3. The fourth-order valence-corrected chi connectivity index (χ4v) is 0. The minimum atomic E-state index is -2.74. The van der Waals surface area contributed by atoms with E-state index in [-0.39, 0.29) is 5.66 Å². The minimum absolute atomic E-state index is 0.0903. The summed E-state index contributed by atoms with van der Waals surface area (Å²) < 4.78 is 0. The Labute approximate surface area is 43.9 Å². The van der Waals surface area contributed by atoms with Crippen LogP contribution in [0, 0.1) is 0 Å². The van der Waals surface area contributed by atoms with Crippen molar-refractivity contribution in [1.29, 1.82) is 0 Å². The van der Waals surface area contributed by atoms with Gasteiger partial charge in [-0.05, 0) is 0 Å². The molecule has 7 heavy (non-hydrogen) atoms. The molecule has 0 saturated heterocycles. The van der Waals surface area contributed by atoms with Crippen molar-refractivity contribution in [3.63, 3.8) is 0 Å². The van der Waals surface area contributed by atoms with E-state index in [0.717, 1.165) is 0 Å². The topological polar surface area (TPSA) is 40.5 Å². The zero-order valence-electron chi connectivity index (χ0n) is 4.63. The van der Waals surface area contributed by atoms with Gasteiger partial charge >= 0.3 is 0 Å². The van der Waals surface area contributed by atoms with Crippen LogP contribution in [-0.2, 0) is 0 Å². The molecule has 44 valence electrons. The standard InChI is InChI=1S/C4H11O2P/c1-4(2)7(3,5)6/h4-6H,3H2,1-2H3. The van der Waals surface area contributed by atoms with E-state index in [4.69, 9.17) is 9.79 Å². The SMILES string of the molecule is C=P(O)(O)C(C)C. The third kappa shape index (κ3) is 2.86. The highest BCUT2D eigenvalue weighted by Crippen LogP contribution is 2.39. The molecule has 0 saturated carbocycles. The van der Waals surface area contributed by atoms with E-state index in [1.54, 1.807) is 13.8 Å². The lowest BCUT2D eigenvalue weighted by atomic mass is 10.6. The van der Waals surface area contributed by atoms with Gasteiger partial charge in [0.15, 0.2) is 0 Å². The van der Waals surface area contributed by atoms with Crippen LogP contribution in [0.2, 0.25) is 0 Å². The molecule has 0 amide bonds. The van der Waals surface area contributed by atoms with Gasteiger partial charge in [0.05, 0.1) is 0 Å². The van der Waals surface area contributed by atoms with Crippen molar-refractivity contribution in [1.82, 2.24) is 0 Å². The van der Waals surface area contributed by atoms with Crippen molar-refractivity contribution < 1.29 is 9.79 Å². The van der Waals surface area contributed by atoms with Crippen LogP contribution in [0.15, 0.2) is 0 Å². The smallest absolute Gasteiger partial charge is 0.114 e. The second-order valence-corrected chi connectivity index (χ2v) is 4.48. The van der Waals surface area contributed by atoms with Gasteiger partial charge in [0.1, 0.15) is 7.34 Å². The predicted octanol–water partition coefficient (Wildman–Crippen LogP) is 0.659. The number of rotatable bonds is 1. The summed E-state index contributed by atoms with van der Waals surface area (Å²) in [6.45, 7) is 3.47. The van der Waals surface area contributed by atoms with E-state index in [1.807, 2.05) is 0 Å². The Kier molecular flexibility index (Phi) is 2.06. The molecule has 0 fully saturated rings. The van der Waals surface area contributed by atoms with Crippen LogP contribution in [0.4, 0.5) is 0 Å². The molecule has 0 spiro atoms. The summed E-state index contributed by atoms with van der Waals surface area (Å²) in [5.41, 5.74) is -0.0903. The van der Waals surface area contributed by atoms with Crippen molar-refractivity contribution in [2.75, 3.05) is 0 Å². The van der Waals surface area contributed by atoms with Crippen molar-refractivity contribution in [3.05, 3.63) is 0 Å². The van der Waals surface area contributed by atoms with Gasteiger partial charge in [-0.15, -0.1) is 0 Å². The fraction of sp³-hybridized carbons (Fsp3) is 0.750. The van der Waals surface area contributed by atoms with Crippen LogP contribution < -0.4 is 0 Å². The average Bonchev–Trinajstić information content (AvgIpc) is 1.31. The van der Waals surface area contributed by atoms with E-state index >= 15 is 0 Å². The maximum absolute atomic E-state index is 8.65. The van der Waals surface area contributed by atoms with Gasteiger partial charge in [-0.2, -0.15) is 0 Å². The molecule has 0 aromatic heterocycles. The van der Waals surface area contributed by atoms with Gasteiger partial charge in [0, 0.05) is 5.66 Å². The molecule has 0 unspecified atom stereocenters. The van der Waals surface area contributed by atoms with E-state index in [9.17, 15) is 0 Å². The van der Waals surface area contributed by atoms with Crippen molar-refractivity contribution in [2.45, 2.75) is 19.5 Å². The summed E-state index contributed by atoms with van der Waals surface area (Å²) in [6.07, 6.45) is 3.19. The Morgan fingerprint density at radius 2 is 1.57 bits per heavy atom. The van der Waals surface area contributed by atoms with Gasteiger partial charge in [0.2, 0.25) is 0 Å². The molecular weight excluding hydrogens is 111 g/mol. The minimum Gasteiger partial charge on any atom is -0.353 e. The molecule has 0 heterocycles. The molecule has 0 aliphatic carbocycles. The molecular formula is C4H11O2P. The lowest BCUT2D eigenvalue weighted by Gasteiger charge is -2.12. The number of hydrogen-bond donors (Lipinski definition) is 2. The van der Waals surface area contributed by atoms with E-state index in [0.29, 0.717) is 0 Å². The van der Waals surface area contributed by atoms with E-state index in [2.05, 4.69) is 6.30 Å². The Morgan fingerprint density at radius 3 is 1.57 bits per heavy atom. The first kappa shape index (κ1) is 7.22. The van der Waals surface area contributed by atoms with Crippen LogP contribution in [0.25, 0.3) is 0 Å². The lowest BCUT2D eigenvalue weighted by Crippen LogP contribution is -1.94. The molecule has 2 N–H and O–H groups in total. The summed E-state index contributed by atoms with van der Waals surface area (Å²) in [5.74, 6) is 0. The quantitative estimate of drug-likeness (QED) is 0.501. The normalized spacial score (nSPS) is 12.7. The molecule has 2 nitrogen and oxygen atoms in total. The first-order valence-electron chi connectivity index (χ1n) is 2.13. The van der Waals surface area contributed by atoms with Crippen molar-refractivity contribution in [2.24, 2.45) is 0 Å². The highest BCUT2D eigenvalue weighted by molar-refractivity contribution is 7.63. The maximum atomic E-state index is 8.65. The van der Waals surface area contributed by atoms with Crippen molar-refractivity contribution >= 4 is 13.6 Å². The summed E-state index contributed by atoms with van der Waals surface area (Å²) in [6, 6.07) is 0. The third-order valence-corrected chi connectivity index (χ3v) is 2.48. The second kappa shape index (κ2) is 1.99. The molecule has 3 heteroatoms. The Balaban J connectivity index is 3.80. The van der Waals surface area contributed by atoms with Gasteiger partial charge in [-0.1, -0.05) is 20.1 Å². The summed E-state index contributed by atoms with van der Waals surface area (Å²) in [7, 11) is -2.74. The Hall–Kier alpha value is 0.220. The fourth-order valence-electron chi connectivity index (χ4n) is 0. The molecule has 0 aromatic carbocycles.